The third kappa shape index (κ3) is 10.4. The zero-order chi connectivity index (χ0) is 30.3. The van der Waals surface area contributed by atoms with E-state index >= 15 is 0 Å². The quantitative estimate of drug-likeness (QED) is 0.179. The van der Waals surface area contributed by atoms with E-state index in [0.29, 0.717) is 6.61 Å². The first-order chi connectivity index (χ1) is 21.0. The summed E-state index contributed by atoms with van der Waals surface area (Å²) >= 11 is 0. The summed E-state index contributed by atoms with van der Waals surface area (Å²) in [6.07, 6.45) is -4.10. The van der Waals surface area contributed by atoms with Gasteiger partial charge in [-0.3, -0.25) is 4.79 Å². The average molecular weight is 584 g/mol. The van der Waals surface area contributed by atoms with E-state index in [1.165, 1.54) is 4.90 Å². The maximum absolute atomic E-state index is 13.7. The highest BCUT2D eigenvalue weighted by molar-refractivity contribution is 5.81. The average Bonchev–Trinajstić information content (AvgIpc) is 3.05. The number of ether oxygens (including phenoxy) is 4. The fraction of sp³-hybridized carbons (Fsp3) is 0.306. The van der Waals surface area contributed by atoms with Crippen LogP contribution in [0.1, 0.15) is 22.3 Å². The Balaban J connectivity index is 1.62. The van der Waals surface area contributed by atoms with E-state index < -0.39 is 24.4 Å². The van der Waals surface area contributed by atoms with Gasteiger partial charge in [-0.15, -0.1) is 0 Å². The van der Waals surface area contributed by atoms with Gasteiger partial charge in [0.25, 0.3) is 5.91 Å². The molecule has 0 spiro atoms. The predicted octanol–water partition coefficient (Wildman–Crippen LogP) is 5.41. The van der Waals surface area contributed by atoms with Crippen molar-refractivity contribution < 1.29 is 28.8 Å². The summed E-state index contributed by atoms with van der Waals surface area (Å²) in [5.41, 5.74) is 3.74. The van der Waals surface area contributed by atoms with E-state index in [1.54, 1.807) is 14.1 Å². The highest BCUT2D eigenvalue weighted by atomic mass is 16.6. The fourth-order valence-corrected chi connectivity index (χ4v) is 4.60. The molecule has 4 aromatic rings. The summed E-state index contributed by atoms with van der Waals surface area (Å²) in [6.45, 7) is 0.876. The van der Waals surface area contributed by atoms with E-state index in [4.69, 9.17) is 18.9 Å². The molecule has 0 unspecified atom stereocenters. The van der Waals surface area contributed by atoms with E-state index in [1.807, 2.05) is 121 Å². The van der Waals surface area contributed by atoms with Gasteiger partial charge in [-0.25, -0.2) is 0 Å². The number of aliphatic hydroxyl groups is 1. The molecular formula is C36H41NO6. The minimum absolute atomic E-state index is 0.0267. The Morgan fingerprint density at radius 2 is 0.953 bits per heavy atom. The Morgan fingerprint density at radius 3 is 1.37 bits per heavy atom. The highest BCUT2D eigenvalue weighted by Gasteiger charge is 2.41. The van der Waals surface area contributed by atoms with E-state index in [2.05, 4.69) is 0 Å². The van der Waals surface area contributed by atoms with Crippen LogP contribution >= 0.6 is 0 Å². The second kappa shape index (κ2) is 17.3. The fourth-order valence-electron chi connectivity index (χ4n) is 4.60. The molecule has 0 fully saturated rings. The van der Waals surface area contributed by atoms with Gasteiger partial charge in [-0.2, -0.15) is 0 Å². The topological polar surface area (TPSA) is 77.5 Å². The summed E-state index contributed by atoms with van der Waals surface area (Å²) < 4.78 is 25.1. The summed E-state index contributed by atoms with van der Waals surface area (Å²) in [5, 5.41) is 11.6. The Bertz CT molecular complexity index is 1320. The first-order valence-electron chi connectivity index (χ1n) is 14.5. The smallest absolute Gasteiger partial charge is 0.254 e. The predicted molar refractivity (Wildman–Crippen MR) is 166 cm³/mol. The standard InChI is InChI=1S/C36H41NO6/c1-37(2)36(39)35(43-26-31-21-13-6-14-22-31)34(42-25-30-19-11-5-12-20-30)33(41-24-29-17-9-4-10-18-29)32(38)27-40-23-28-15-7-3-8-16-28/h3-22,32-35,38H,23-27H2,1-2H3/t32-,33+,34-,35-/m1/s1. The molecule has 7 nitrogen and oxygen atoms in total. The number of amides is 1. The molecule has 0 radical (unpaired) electrons. The van der Waals surface area contributed by atoms with Crippen molar-refractivity contribution in [3.63, 3.8) is 0 Å². The van der Waals surface area contributed by atoms with Crippen LogP contribution in [0.25, 0.3) is 0 Å². The molecule has 0 bridgehead atoms. The lowest BCUT2D eigenvalue weighted by Gasteiger charge is -2.36. The number of rotatable bonds is 17. The van der Waals surface area contributed by atoms with Gasteiger partial charge in [0.2, 0.25) is 0 Å². The summed E-state index contributed by atoms with van der Waals surface area (Å²) in [5.74, 6) is -0.292. The lowest BCUT2D eigenvalue weighted by Crippen LogP contribution is -2.54. The lowest BCUT2D eigenvalue weighted by molar-refractivity contribution is -0.195. The monoisotopic (exact) mass is 583 g/mol. The van der Waals surface area contributed by atoms with Crippen LogP contribution in [0.5, 0.6) is 0 Å². The van der Waals surface area contributed by atoms with Crippen LogP contribution in [0.3, 0.4) is 0 Å². The molecule has 0 heterocycles. The van der Waals surface area contributed by atoms with Crippen LogP contribution in [0, 0.1) is 0 Å². The van der Waals surface area contributed by atoms with Crippen LogP contribution in [0.15, 0.2) is 121 Å². The molecule has 1 amide bonds. The molecule has 7 heteroatoms. The third-order valence-electron chi connectivity index (χ3n) is 6.93. The number of hydrogen-bond donors (Lipinski definition) is 1. The molecule has 0 aliphatic rings. The van der Waals surface area contributed by atoms with Gasteiger partial charge in [-0.05, 0) is 22.3 Å². The molecule has 0 saturated carbocycles. The molecule has 226 valence electrons. The second-order valence-electron chi connectivity index (χ2n) is 10.5. The van der Waals surface area contributed by atoms with Crippen molar-refractivity contribution >= 4 is 5.91 Å². The Labute approximate surface area is 254 Å². The number of hydrogen-bond acceptors (Lipinski definition) is 6. The molecule has 0 aromatic heterocycles. The van der Waals surface area contributed by atoms with Crippen molar-refractivity contribution in [3.05, 3.63) is 144 Å². The van der Waals surface area contributed by atoms with Crippen molar-refractivity contribution in [3.8, 4) is 0 Å². The van der Waals surface area contributed by atoms with Crippen LogP contribution in [0.2, 0.25) is 0 Å². The van der Waals surface area contributed by atoms with Crippen molar-refractivity contribution in [2.75, 3.05) is 20.7 Å². The summed E-state index contributed by atoms with van der Waals surface area (Å²) in [6, 6.07) is 38.8. The molecule has 0 aliphatic carbocycles. The Kier molecular flexibility index (Phi) is 12.9. The molecule has 4 rings (SSSR count). The summed E-state index contributed by atoms with van der Waals surface area (Å²) in [4.78, 5) is 15.1. The number of aliphatic hydroxyl groups excluding tert-OH is 1. The van der Waals surface area contributed by atoms with Crippen LogP contribution in [-0.4, -0.2) is 61.0 Å². The van der Waals surface area contributed by atoms with Gasteiger partial charge < -0.3 is 29.0 Å². The van der Waals surface area contributed by atoms with E-state index in [-0.39, 0.29) is 32.3 Å². The third-order valence-corrected chi connectivity index (χ3v) is 6.93. The van der Waals surface area contributed by atoms with Crippen molar-refractivity contribution in [2.24, 2.45) is 0 Å². The first-order valence-corrected chi connectivity index (χ1v) is 14.5. The number of carbonyl (C=O) groups excluding carboxylic acids is 1. The Hall–Kier alpha value is -3.85. The molecular weight excluding hydrogens is 542 g/mol. The minimum Gasteiger partial charge on any atom is -0.388 e. The first kappa shape index (κ1) is 32.1. The van der Waals surface area contributed by atoms with Gasteiger partial charge in [0.1, 0.15) is 18.3 Å². The van der Waals surface area contributed by atoms with Crippen molar-refractivity contribution in [1.82, 2.24) is 4.90 Å². The van der Waals surface area contributed by atoms with E-state index in [9.17, 15) is 9.90 Å². The number of benzene rings is 4. The normalized spacial score (nSPS) is 14.0. The SMILES string of the molecule is CN(C)C(=O)[C@H](OCc1ccccc1)[C@H](OCc1ccccc1)[C@@H](OCc1ccccc1)[C@H](O)COCc1ccccc1. The number of carbonyl (C=O) groups is 1. The molecule has 43 heavy (non-hydrogen) atoms. The maximum Gasteiger partial charge on any atom is 0.254 e. The zero-order valence-electron chi connectivity index (χ0n) is 24.8. The van der Waals surface area contributed by atoms with Gasteiger partial charge >= 0.3 is 0 Å². The molecule has 4 atom stereocenters. The van der Waals surface area contributed by atoms with Crippen molar-refractivity contribution in [2.45, 2.75) is 50.8 Å². The van der Waals surface area contributed by atoms with Crippen LogP contribution in [-0.2, 0) is 50.2 Å². The van der Waals surface area contributed by atoms with Gasteiger partial charge in [-0.1, -0.05) is 121 Å². The van der Waals surface area contributed by atoms with Crippen LogP contribution < -0.4 is 0 Å². The van der Waals surface area contributed by atoms with Gasteiger partial charge in [0.15, 0.2) is 6.10 Å². The maximum atomic E-state index is 13.7. The van der Waals surface area contributed by atoms with Crippen LogP contribution in [0.4, 0.5) is 0 Å². The highest BCUT2D eigenvalue weighted by Crippen LogP contribution is 2.23. The largest absolute Gasteiger partial charge is 0.388 e. The summed E-state index contributed by atoms with van der Waals surface area (Å²) in [7, 11) is 3.35. The molecule has 4 aromatic carbocycles. The zero-order valence-corrected chi connectivity index (χ0v) is 24.8. The molecule has 0 saturated heterocycles. The minimum atomic E-state index is -1.12. The van der Waals surface area contributed by atoms with Gasteiger partial charge in [0, 0.05) is 14.1 Å². The molecule has 0 aliphatic heterocycles. The molecule has 1 N–H and O–H groups in total. The van der Waals surface area contributed by atoms with Crippen molar-refractivity contribution in [1.29, 1.82) is 0 Å². The number of likely N-dealkylation sites (N-methyl/N-ethyl adjacent to an activating group) is 1. The van der Waals surface area contributed by atoms with E-state index in [0.717, 1.165) is 22.3 Å². The number of nitrogens with zero attached hydrogens (tertiary/aromatic N) is 1. The van der Waals surface area contributed by atoms with Gasteiger partial charge in [0.05, 0.1) is 33.0 Å². The second-order valence-corrected chi connectivity index (χ2v) is 10.5. The Morgan fingerprint density at radius 1 is 0.581 bits per heavy atom. The lowest BCUT2D eigenvalue weighted by atomic mass is 10.0.